The molecule has 1 amide bonds. The quantitative estimate of drug-likeness (QED) is 0.486. The van der Waals surface area contributed by atoms with Crippen molar-refractivity contribution in [1.82, 2.24) is 15.1 Å². The standard InChI is InChI=1S/C18H12ClF3N4O3/c19-12-5-7-13(8-6-12)25-16(18(20,21)22)14(10-24-25)17(27)23-9-11-3-1-2-4-15(11)26(28)29/h1-8,10H,9H2,(H,23,27). The number of amides is 1. The van der Waals surface area contributed by atoms with Gasteiger partial charge in [-0.1, -0.05) is 29.8 Å². The number of hydrogen-bond donors (Lipinski definition) is 1. The zero-order chi connectivity index (χ0) is 21.2. The van der Waals surface area contributed by atoms with Crippen molar-refractivity contribution in [2.45, 2.75) is 12.7 Å². The minimum Gasteiger partial charge on any atom is -0.348 e. The zero-order valence-corrected chi connectivity index (χ0v) is 15.2. The van der Waals surface area contributed by atoms with Crippen LogP contribution in [0.25, 0.3) is 5.69 Å². The Bertz CT molecular complexity index is 1060. The Labute approximate surface area is 166 Å². The van der Waals surface area contributed by atoms with Crippen LogP contribution in [0.3, 0.4) is 0 Å². The lowest BCUT2D eigenvalue weighted by Gasteiger charge is -2.13. The van der Waals surface area contributed by atoms with E-state index in [4.69, 9.17) is 11.6 Å². The first-order chi connectivity index (χ1) is 13.7. The highest BCUT2D eigenvalue weighted by Gasteiger charge is 2.40. The van der Waals surface area contributed by atoms with Gasteiger partial charge in [-0.2, -0.15) is 18.3 Å². The Morgan fingerprint density at radius 3 is 2.45 bits per heavy atom. The molecule has 0 fully saturated rings. The van der Waals surface area contributed by atoms with Crippen molar-refractivity contribution in [2.24, 2.45) is 0 Å². The predicted octanol–water partition coefficient (Wildman–Crippen LogP) is 4.38. The SMILES string of the molecule is O=C(NCc1ccccc1[N+](=O)[O-])c1cnn(-c2ccc(Cl)cc2)c1C(F)(F)F. The summed E-state index contributed by atoms with van der Waals surface area (Å²) < 4.78 is 41.5. The van der Waals surface area contributed by atoms with Crippen LogP contribution in [0, 0.1) is 10.1 Å². The summed E-state index contributed by atoms with van der Waals surface area (Å²) in [5.74, 6) is -1.06. The molecule has 0 radical (unpaired) electrons. The Balaban J connectivity index is 1.92. The van der Waals surface area contributed by atoms with E-state index in [1.807, 2.05) is 0 Å². The molecule has 1 N–H and O–H groups in total. The minimum atomic E-state index is -4.87. The minimum absolute atomic E-state index is 0.0690. The van der Waals surface area contributed by atoms with Crippen molar-refractivity contribution in [2.75, 3.05) is 0 Å². The first-order valence-corrected chi connectivity index (χ1v) is 8.48. The molecule has 29 heavy (non-hydrogen) atoms. The molecule has 2 aromatic carbocycles. The average molecular weight is 425 g/mol. The Hall–Kier alpha value is -3.40. The molecule has 0 saturated heterocycles. The number of benzene rings is 2. The van der Waals surface area contributed by atoms with Crippen LogP contribution in [0.4, 0.5) is 18.9 Å². The van der Waals surface area contributed by atoms with Crippen molar-refractivity contribution in [1.29, 1.82) is 0 Å². The maximum Gasteiger partial charge on any atom is 0.434 e. The summed E-state index contributed by atoms with van der Waals surface area (Å²) in [5.41, 5.74) is -1.99. The highest BCUT2D eigenvalue weighted by atomic mass is 35.5. The topological polar surface area (TPSA) is 90.1 Å². The van der Waals surface area contributed by atoms with Crippen molar-refractivity contribution < 1.29 is 22.9 Å². The lowest BCUT2D eigenvalue weighted by Crippen LogP contribution is -2.26. The molecule has 3 aromatic rings. The van der Waals surface area contributed by atoms with E-state index >= 15 is 0 Å². The number of nitrogens with one attached hydrogen (secondary N) is 1. The van der Waals surface area contributed by atoms with Crippen molar-refractivity contribution in [3.8, 4) is 5.69 Å². The molecule has 0 bridgehead atoms. The first-order valence-electron chi connectivity index (χ1n) is 8.10. The van der Waals surface area contributed by atoms with Gasteiger partial charge in [-0.15, -0.1) is 0 Å². The Morgan fingerprint density at radius 1 is 1.17 bits per heavy atom. The third-order valence-corrected chi connectivity index (χ3v) is 4.23. The van der Waals surface area contributed by atoms with E-state index in [0.29, 0.717) is 9.70 Å². The summed E-state index contributed by atoms with van der Waals surface area (Å²) in [6, 6.07) is 11.1. The number of rotatable bonds is 5. The largest absolute Gasteiger partial charge is 0.434 e. The van der Waals surface area contributed by atoms with Crippen LogP contribution in [0.2, 0.25) is 5.02 Å². The molecule has 0 aliphatic carbocycles. The van der Waals surface area contributed by atoms with E-state index in [9.17, 15) is 28.1 Å². The lowest BCUT2D eigenvalue weighted by molar-refractivity contribution is -0.385. The van der Waals surface area contributed by atoms with Crippen LogP contribution in [0.5, 0.6) is 0 Å². The molecular weight excluding hydrogens is 413 g/mol. The van der Waals surface area contributed by atoms with Crippen LogP contribution >= 0.6 is 11.6 Å². The maximum absolute atomic E-state index is 13.6. The monoisotopic (exact) mass is 424 g/mol. The summed E-state index contributed by atoms with van der Waals surface area (Å²) in [6.07, 6.45) is -4.08. The third kappa shape index (κ3) is 4.37. The highest BCUT2D eigenvalue weighted by molar-refractivity contribution is 6.30. The molecule has 0 unspecified atom stereocenters. The lowest BCUT2D eigenvalue weighted by atomic mass is 10.1. The summed E-state index contributed by atoms with van der Waals surface area (Å²) in [5, 5.41) is 17.3. The van der Waals surface area contributed by atoms with Gasteiger partial charge in [0.2, 0.25) is 0 Å². The van der Waals surface area contributed by atoms with Crippen LogP contribution < -0.4 is 5.32 Å². The number of alkyl halides is 3. The fourth-order valence-corrected chi connectivity index (χ4v) is 2.80. The normalized spacial score (nSPS) is 11.3. The summed E-state index contributed by atoms with van der Waals surface area (Å²) in [4.78, 5) is 22.8. The van der Waals surface area contributed by atoms with E-state index in [-0.39, 0.29) is 23.5 Å². The molecule has 150 valence electrons. The number of halogens is 4. The van der Waals surface area contributed by atoms with Crippen LogP contribution in [0.15, 0.2) is 54.7 Å². The Morgan fingerprint density at radius 2 is 1.83 bits per heavy atom. The van der Waals surface area contributed by atoms with Gasteiger partial charge in [0.1, 0.15) is 0 Å². The van der Waals surface area contributed by atoms with Gasteiger partial charge in [0.15, 0.2) is 5.69 Å². The molecular formula is C18H12ClF3N4O3. The fraction of sp³-hybridized carbons (Fsp3) is 0.111. The van der Waals surface area contributed by atoms with E-state index in [1.165, 1.54) is 48.5 Å². The average Bonchev–Trinajstić information content (AvgIpc) is 3.12. The molecule has 7 nitrogen and oxygen atoms in total. The second kappa shape index (κ2) is 7.92. The predicted molar refractivity (Wildman–Crippen MR) is 97.8 cm³/mol. The molecule has 0 aliphatic heterocycles. The first kappa shape index (κ1) is 20.3. The molecule has 0 spiro atoms. The number of nitrogens with zero attached hydrogens (tertiary/aromatic N) is 3. The van der Waals surface area contributed by atoms with Gasteiger partial charge in [-0.05, 0) is 24.3 Å². The van der Waals surface area contributed by atoms with Crippen LogP contribution in [0.1, 0.15) is 21.6 Å². The van der Waals surface area contributed by atoms with Gasteiger partial charge < -0.3 is 5.32 Å². The number of carbonyl (C=O) groups is 1. The van der Waals surface area contributed by atoms with Crippen molar-refractivity contribution in [3.63, 3.8) is 0 Å². The van der Waals surface area contributed by atoms with Crippen molar-refractivity contribution >= 4 is 23.2 Å². The molecule has 1 heterocycles. The number of nitro groups is 1. The maximum atomic E-state index is 13.6. The number of para-hydroxylation sites is 1. The molecule has 3 rings (SSSR count). The van der Waals surface area contributed by atoms with Gasteiger partial charge in [0.25, 0.3) is 11.6 Å². The summed E-state index contributed by atoms with van der Waals surface area (Å²) in [7, 11) is 0. The number of hydrogen-bond acceptors (Lipinski definition) is 4. The Kier molecular flexibility index (Phi) is 5.55. The summed E-state index contributed by atoms with van der Waals surface area (Å²) in [6.45, 7) is -0.320. The van der Waals surface area contributed by atoms with Gasteiger partial charge >= 0.3 is 6.18 Å². The van der Waals surface area contributed by atoms with E-state index < -0.39 is 28.3 Å². The molecule has 0 saturated carbocycles. The molecule has 0 aliphatic rings. The summed E-state index contributed by atoms with van der Waals surface area (Å²) >= 11 is 5.76. The molecule has 0 atom stereocenters. The smallest absolute Gasteiger partial charge is 0.348 e. The van der Waals surface area contributed by atoms with Crippen molar-refractivity contribution in [3.05, 3.63) is 86.7 Å². The van der Waals surface area contributed by atoms with Gasteiger partial charge in [0, 0.05) is 23.2 Å². The number of aromatic nitrogens is 2. The zero-order valence-electron chi connectivity index (χ0n) is 14.5. The third-order valence-electron chi connectivity index (χ3n) is 3.98. The van der Waals surface area contributed by atoms with Gasteiger partial charge in [0.05, 0.1) is 22.4 Å². The highest BCUT2D eigenvalue weighted by Crippen LogP contribution is 2.34. The molecule has 11 heteroatoms. The van der Waals surface area contributed by atoms with E-state index in [2.05, 4.69) is 10.4 Å². The van der Waals surface area contributed by atoms with Gasteiger partial charge in [-0.25, -0.2) is 4.68 Å². The fourth-order valence-electron chi connectivity index (χ4n) is 2.67. The van der Waals surface area contributed by atoms with Crippen LogP contribution in [-0.2, 0) is 12.7 Å². The van der Waals surface area contributed by atoms with E-state index in [1.54, 1.807) is 0 Å². The number of carbonyl (C=O) groups excluding carboxylic acids is 1. The van der Waals surface area contributed by atoms with Crippen LogP contribution in [-0.4, -0.2) is 20.6 Å². The second-order valence-electron chi connectivity index (χ2n) is 5.86. The van der Waals surface area contributed by atoms with Gasteiger partial charge in [-0.3, -0.25) is 14.9 Å². The second-order valence-corrected chi connectivity index (χ2v) is 6.30. The number of nitro benzene ring substituents is 1. The molecule has 1 aromatic heterocycles. The van der Waals surface area contributed by atoms with E-state index in [0.717, 1.165) is 6.20 Å².